The highest BCUT2D eigenvalue weighted by Crippen LogP contribution is 2.21. The van der Waals surface area contributed by atoms with E-state index in [-0.39, 0.29) is 17.9 Å². The van der Waals surface area contributed by atoms with Crippen LogP contribution in [-0.2, 0) is 11.3 Å². The first kappa shape index (κ1) is 15.2. The highest BCUT2D eigenvalue weighted by atomic mass is 32.2. The maximum Gasteiger partial charge on any atom is 0.242 e. The number of carbonyl (C=O) groups excluding carboxylic acids is 1. The second kappa shape index (κ2) is 6.57. The molecule has 0 spiro atoms. The lowest BCUT2D eigenvalue weighted by molar-refractivity contribution is -0.132. The van der Waals surface area contributed by atoms with Crippen LogP contribution in [0.2, 0.25) is 0 Å². The van der Waals surface area contributed by atoms with Gasteiger partial charge in [-0.3, -0.25) is 9.59 Å². The second-order valence-corrected chi connectivity index (χ2v) is 6.90. The van der Waals surface area contributed by atoms with Gasteiger partial charge in [0.05, 0.1) is 5.52 Å². The number of pyridine rings is 1. The zero-order valence-corrected chi connectivity index (χ0v) is 13.5. The quantitative estimate of drug-likeness (QED) is 0.873. The Bertz CT molecular complexity index is 735. The van der Waals surface area contributed by atoms with Gasteiger partial charge in [-0.15, -0.1) is 0 Å². The standard InChI is InChI=1S/C17H20N2O2S/c1-18(13-7-10-22-11-8-13)17(21)12-19-9-6-16(20)14-4-2-3-5-15(14)19/h2-6,9,13H,7-8,10-12H2,1H3. The van der Waals surface area contributed by atoms with Crippen LogP contribution in [0.1, 0.15) is 12.8 Å². The van der Waals surface area contributed by atoms with Crippen molar-refractivity contribution in [1.29, 1.82) is 0 Å². The molecule has 1 aromatic carbocycles. The first-order valence-electron chi connectivity index (χ1n) is 7.58. The molecule has 1 saturated heterocycles. The maximum atomic E-state index is 12.6. The monoisotopic (exact) mass is 316 g/mol. The van der Waals surface area contributed by atoms with Crippen molar-refractivity contribution in [2.45, 2.75) is 25.4 Å². The number of thioether (sulfide) groups is 1. The molecule has 0 aliphatic carbocycles. The van der Waals surface area contributed by atoms with Crippen LogP contribution < -0.4 is 5.43 Å². The van der Waals surface area contributed by atoms with Crippen molar-refractivity contribution in [3.63, 3.8) is 0 Å². The normalized spacial score (nSPS) is 15.9. The smallest absolute Gasteiger partial charge is 0.242 e. The van der Waals surface area contributed by atoms with Crippen LogP contribution >= 0.6 is 11.8 Å². The van der Waals surface area contributed by atoms with Crippen LogP contribution in [0, 0.1) is 0 Å². The molecule has 1 aromatic heterocycles. The summed E-state index contributed by atoms with van der Waals surface area (Å²) in [4.78, 5) is 26.3. The first-order chi connectivity index (χ1) is 10.7. The molecule has 0 atom stereocenters. The molecule has 2 heterocycles. The number of amides is 1. The lowest BCUT2D eigenvalue weighted by atomic mass is 10.1. The molecule has 3 rings (SSSR count). The summed E-state index contributed by atoms with van der Waals surface area (Å²) in [5.74, 6) is 2.36. The number of benzene rings is 1. The number of aromatic nitrogens is 1. The minimum Gasteiger partial charge on any atom is -0.341 e. The number of nitrogens with zero attached hydrogens (tertiary/aromatic N) is 2. The molecular weight excluding hydrogens is 296 g/mol. The summed E-state index contributed by atoms with van der Waals surface area (Å²) in [6.45, 7) is 0.279. The van der Waals surface area contributed by atoms with Gasteiger partial charge in [-0.2, -0.15) is 11.8 Å². The number of hydrogen-bond acceptors (Lipinski definition) is 3. The highest BCUT2D eigenvalue weighted by Gasteiger charge is 2.22. The van der Waals surface area contributed by atoms with Gasteiger partial charge >= 0.3 is 0 Å². The fourth-order valence-corrected chi connectivity index (χ4v) is 4.01. The summed E-state index contributed by atoms with van der Waals surface area (Å²) in [6.07, 6.45) is 3.85. The fraction of sp³-hybridized carbons (Fsp3) is 0.412. The van der Waals surface area contributed by atoms with Crippen LogP contribution in [0.3, 0.4) is 0 Å². The SMILES string of the molecule is CN(C(=O)Cn1ccc(=O)c2ccccc21)C1CCSCC1. The Labute approximate surface area is 134 Å². The minimum atomic E-state index is -0.00282. The molecule has 2 aromatic rings. The summed E-state index contributed by atoms with van der Waals surface area (Å²) in [6, 6.07) is 9.32. The summed E-state index contributed by atoms with van der Waals surface area (Å²) < 4.78 is 1.87. The van der Waals surface area contributed by atoms with E-state index >= 15 is 0 Å². The van der Waals surface area contributed by atoms with Gasteiger partial charge in [0, 0.05) is 30.7 Å². The third-order valence-corrected chi connectivity index (χ3v) is 5.37. The molecule has 22 heavy (non-hydrogen) atoms. The maximum absolute atomic E-state index is 12.6. The Hall–Kier alpha value is -1.75. The Kier molecular flexibility index (Phi) is 4.52. The minimum absolute atomic E-state index is 0.00282. The first-order valence-corrected chi connectivity index (χ1v) is 8.74. The number of para-hydroxylation sites is 1. The molecule has 0 unspecified atom stereocenters. The van der Waals surface area contributed by atoms with Gasteiger partial charge in [0.25, 0.3) is 0 Å². The van der Waals surface area contributed by atoms with E-state index in [1.54, 1.807) is 12.3 Å². The lowest BCUT2D eigenvalue weighted by Gasteiger charge is -2.31. The van der Waals surface area contributed by atoms with Crippen molar-refractivity contribution in [2.24, 2.45) is 0 Å². The van der Waals surface area contributed by atoms with Crippen molar-refractivity contribution < 1.29 is 4.79 Å². The zero-order valence-electron chi connectivity index (χ0n) is 12.7. The third kappa shape index (κ3) is 3.04. The molecule has 0 N–H and O–H groups in total. The number of carbonyl (C=O) groups is 1. The predicted molar refractivity (Wildman–Crippen MR) is 91.3 cm³/mol. The van der Waals surface area contributed by atoms with E-state index in [1.807, 2.05) is 46.5 Å². The number of hydrogen-bond donors (Lipinski definition) is 0. The summed E-state index contributed by atoms with van der Waals surface area (Å²) >= 11 is 1.96. The van der Waals surface area contributed by atoms with Gasteiger partial charge in [-0.1, -0.05) is 12.1 Å². The van der Waals surface area contributed by atoms with E-state index in [9.17, 15) is 9.59 Å². The molecule has 1 aliphatic heterocycles. The number of rotatable bonds is 3. The van der Waals surface area contributed by atoms with Crippen LogP contribution in [-0.4, -0.2) is 40.0 Å². The van der Waals surface area contributed by atoms with Crippen molar-refractivity contribution in [1.82, 2.24) is 9.47 Å². The van der Waals surface area contributed by atoms with E-state index in [4.69, 9.17) is 0 Å². The van der Waals surface area contributed by atoms with Gasteiger partial charge < -0.3 is 9.47 Å². The van der Waals surface area contributed by atoms with Crippen molar-refractivity contribution in [3.05, 3.63) is 46.8 Å². The molecular formula is C17H20N2O2S. The van der Waals surface area contributed by atoms with Crippen molar-refractivity contribution in [3.8, 4) is 0 Å². The Morgan fingerprint density at radius 1 is 1.27 bits per heavy atom. The van der Waals surface area contributed by atoms with E-state index in [2.05, 4.69) is 0 Å². The van der Waals surface area contributed by atoms with Crippen molar-refractivity contribution in [2.75, 3.05) is 18.6 Å². The largest absolute Gasteiger partial charge is 0.341 e. The molecule has 1 aliphatic rings. The molecule has 0 bridgehead atoms. The fourth-order valence-electron chi connectivity index (χ4n) is 2.93. The summed E-state index contributed by atoms with van der Waals surface area (Å²) in [5.41, 5.74) is 0.813. The molecule has 5 heteroatoms. The lowest BCUT2D eigenvalue weighted by Crippen LogP contribution is -2.41. The summed E-state index contributed by atoms with van der Waals surface area (Å²) in [7, 11) is 1.90. The van der Waals surface area contributed by atoms with Gasteiger partial charge in [-0.05, 0) is 36.5 Å². The Balaban J connectivity index is 1.82. The van der Waals surface area contributed by atoms with Crippen LogP contribution in [0.25, 0.3) is 10.9 Å². The average molecular weight is 316 g/mol. The molecule has 1 fully saturated rings. The Morgan fingerprint density at radius 2 is 2.00 bits per heavy atom. The highest BCUT2D eigenvalue weighted by molar-refractivity contribution is 7.99. The van der Waals surface area contributed by atoms with Gasteiger partial charge in [0.1, 0.15) is 6.54 Å². The van der Waals surface area contributed by atoms with Gasteiger partial charge in [0.2, 0.25) is 5.91 Å². The molecule has 0 radical (unpaired) electrons. The number of likely N-dealkylation sites (N-methyl/N-ethyl adjacent to an activating group) is 1. The van der Waals surface area contributed by atoms with Crippen molar-refractivity contribution >= 4 is 28.6 Å². The average Bonchev–Trinajstić information content (AvgIpc) is 2.57. The van der Waals surface area contributed by atoms with E-state index in [1.165, 1.54) is 6.07 Å². The van der Waals surface area contributed by atoms with Crippen LogP contribution in [0.5, 0.6) is 0 Å². The van der Waals surface area contributed by atoms with Crippen LogP contribution in [0.4, 0.5) is 0 Å². The summed E-state index contributed by atoms with van der Waals surface area (Å²) in [5, 5.41) is 0.662. The van der Waals surface area contributed by atoms with Gasteiger partial charge in [0.15, 0.2) is 5.43 Å². The van der Waals surface area contributed by atoms with Crippen LogP contribution in [0.15, 0.2) is 41.3 Å². The second-order valence-electron chi connectivity index (χ2n) is 5.67. The Morgan fingerprint density at radius 3 is 2.77 bits per heavy atom. The van der Waals surface area contributed by atoms with Gasteiger partial charge in [-0.25, -0.2) is 0 Å². The van der Waals surface area contributed by atoms with E-state index < -0.39 is 0 Å². The molecule has 116 valence electrons. The predicted octanol–water partition coefficient (Wildman–Crippen LogP) is 2.36. The molecule has 4 nitrogen and oxygen atoms in total. The number of fused-ring (bicyclic) bond motifs is 1. The third-order valence-electron chi connectivity index (χ3n) is 4.32. The van der Waals surface area contributed by atoms with E-state index in [0.717, 1.165) is 29.9 Å². The zero-order chi connectivity index (χ0) is 15.5. The molecule has 0 saturated carbocycles. The van der Waals surface area contributed by atoms with E-state index in [0.29, 0.717) is 11.4 Å². The topological polar surface area (TPSA) is 42.3 Å². The molecule has 1 amide bonds.